The molecule has 0 saturated carbocycles. The summed E-state index contributed by atoms with van der Waals surface area (Å²) in [6.45, 7) is 2.43. The Morgan fingerprint density at radius 1 is 1.19 bits per heavy atom. The van der Waals surface area contributed by atoms with Crippen molar-refractivity contribution in [3.63, 3.8) is 0 Å². The smallest absolute Gasteiger partial charge is 0.330 e. The summed E-state index contributed by atoms with van der Waals surface area (Å²) in [5.74, 6) is 7.20. The third kappa shape index (κ3) is 2.87. The van der Waals surface area contributed by atoms with E-state index in [2.05, 4.69) is 20.4 Å². The third-order valence-electron chi connectivity index (χ3n) is 2.55. The molecule has 3 N–H and O–H groups in total. The zero-order valence-electron chi connectivity index (χ0n) is 11.2. The Labute approximate surface area is 120 Å². The highest BCUT2D eigenvalue weighted by Crippen LogP contribution is 2.36. The first-order valence-electron chi connectivity index (χ1n) is 6.21. The number of aromatic nitrogens is 3. The van der Waals surface area contributed by atoms with Crippen molar-refractivity contribution in [1.29, 1.82) is 0 Å². The quantitative estimate of drug-likeness (QED) is 0.616. The standard InChI is InChI=1S/C12H13N5O4/c1-2-18-11-14-10(17-13)15-12(16-11)21-7-3-4-8-9(5-7)20-6-19-8/h3-5H,2,6,13H2,1H3,(H,14,15,16,17). The summed E-state index contributed by atoms with van der Waals surface area (Å²) in [4.78, 5) is 12.0. The van der Waals surface area contributed by atoms with E-state index in [1.807, 2.05) is 6.92 Å². The second kappa shape index (κ2) is 5.67. The zero-order chi connectivity index (χ0) is 14.7. The van der Waals surface area contributed by atoms with Crippen LogP contribution in [-0.2, 0) is 0 Å². The van der Waals surface area contributed by atoms with Crippen LogP contribution in [0.2, 0.25) is 0 Å². The Bertz CT molecular complexity index is 652. The number of nitrogens with one attached hydrogen (secondary N) is 1. The molecule has 0 spiro atoms. The largest absolute Gasteiger partial charge is 0.464 e. The Balaban J connectivity index is 1.85. The van der Waals surface area contributed by atoms with Crippen molar-refractivity contribution in [1.82, 2.24) is 15.0 Å². The van der Waals surface area contributed by atoms with Gasteiger partial charge in [-0.15, -0.1) is 4.98 Å². The lowest BCUT2D eigenvalue weighted by Gasteiger charge is -2.08. The maximum atomic E-state index is 5.56. The van der Waals surface area contributed by atoms with Crippen LogP contribution in [0.15, 0.2) is 18.2 Å². The minimum atomic E-state index is 0.0558. The number of hydrogen-bond acceptors (Lipinski definition) is 9. The second-order valence-corrected chi connectivity index (χ2v) is 3.92. The molecule has 1 aromatic carbocycles. The number of hydrogen-bond donors (Lipinski definition) is 2. The maximum absolute atomic E-state index is 5.56. The van der Waals surface area contributed by atoms with E-state index in [1.165, 1.54) is 0 Å². The lowest BCUT2D eigenvalue weighted by molar-refractivity contribution is 0.174. The minimum Gasteiger partial charge on any atom is -0.464 e. The Morgan fingerprint density at radius 2 is 2.00 bits per heavy atom. The highest BCUT2D eigenvalue weighted by atomic mass is 16.7. The van der Waals surface area contributed by atoms with E-state index < -0.39 is 0 Å². The highest BCUT2D eigenvalue weighted by Gasteiger charge is 2.15. The van der Waals surface area contributed by atoms with Crippen molar-refractivity contribution in [2.75, 3.05) is 18.8 Å². The van der Waals surface area contributed by atoms with Crippen LogP contribution in [0.5, 0.6) is 29.3 Å². The molecule has 9 nitrogen and oxygen atoms in total. The monoisotopic (exact) mass is 291 g/mol. The molecule has 1 aromatic heterocycles. The number of rotatable bonds is 5. The molecule has 0 unspecified atom stereocenters. The molecule has 110 valence electrons. The van der Waals surface area contributed by atoms with Crippen molar-refractivity contribution in [3.05, 3.63) is 18.2 Å². The fraction of sp³-hybridized carbons (Fsp3) is 0.250. The molecular weight excluding hydrogens is 278 g/mol. The summed E-state index contributed by atoms with van der Waals surface area (Å²) in [7, 11) is 0. The first-order valence-corrected chi connectivity index (χ1v) is 6.21. The van der Waals surface area contributed by atoms with Crippen molar-refractivity contribution >= 4 is 5.95 Å². The minimum absolute atomic E-state index is 0.0558. The van der Waals surface area contributed by atoms with Gasteiger partial charge in [0.25, 0.3) is 0 Å². The molecule has 0 aliphatic carbocycles. The summed E-state index contributed by atoms with van der Waals surface area (Å²) in [6.07, 6.45) is 0. The summed E-state index contributed by atoms with van der Waals surface area (Å²) in [5, 5.41) is 0. The van der Waals surface area contributed by atoms with Crippen LogP contribution in [0.3, 0.4) is 0 Å². The van der Waals surface area contributed by atoms with Crippen LogP contribution in [0.4, 0.5) is 5.95 Å². The van der Waals surface area contributed by atoms with E-state index >= 15 is 0 Å². The Kier molecular flexibility index (Phi) is 3.56. The first kappa shape index (κ1) is 13.2. The molecule has 0 atom stereocenters. The number of fused-ring (bicyclic) bond motifs is 1. The maximum Gasteiger partial charge on any atom is 0.330 e. The average molecular weight is 291 g/mol. The molecule has 0 saturated heterocycles. The SMILES string of the molecule is CCOc1nc(NN)nc(Oc2ccc3c(c2)OCO3)n1. The van der Waals surface area contributed by atoms with Gasteiger partial charge in [0, 0.05) is 6.07 Å². The number of hydrazine groups is 1. The molecule has 0 amide bonds. The van der Waals surface area contributed by atoms with Gasteiger partial charge < -0.3 is 18.9 Å². The van der Waals surface area contributed by atoms with E-state index in [4.69, 9.17) is 24.8 Å². The average Bonchev–Trinajstić information content (AvgIpc) is 2.95. The predicted octanol–water partition coefficient (Wildman–Crippen LogP) is 1.08. The van der Waals surface area contributed by atoms with Crippen LogP contribution < -0.4 is 30.2 Å². The molecular formula is C12H13N5O4. The van der Waals surface area contributed by atoms with Crippen LogP contribution in [-0.4, -0.2) is 28.4 Å². The summed E-state index contributed by atoms with van der Waals surface area (Å²) >= 11 is 0. The summed E-state index contributed by atoms with van der Waals surface area (Å²) < 4.78 is 21.3. The highest BCUT2D eigenvalue weighted by molar-refractivity contribution is 5.47. The fourth-order valence-electron chi connectivity index (χ4n) is 1.69. The Morgan fingerprint density at radius 3 is 2.81 bits per heavy atom. The van der Waals surface area contributed by atoms with Gasteiger partial charge >= 0.3 is 12.0 Å². The van der Waals surface area contributed by atoms with Gasteiger partial charge in [0.05, 0.1) is 6.61 Å². The van der Waals surface area contributed by atoms with Gasteiger partial charge in [0.15, 0.2) is 11.5 Å². The third-order valence-corrected chi connectivity index (χ3v) is 2.55. The molecule has 2 aromatic rings. The number of nitrogen functional groups attached to an aromatic ring is 1. The van der Waals surface area contributed by atoms with Gasteiger partial charge in [0.1, 0.15) is 5.75 Å². The normalized spacial score (nSPS) is 12.1. The lowest BCUT2D eigenvalue weighted by Crippen LogP contribution is -2.12. The second-order valence-electron chi connectivity index (χ2n) is 3.92. The van der Waals surface area contributed by atoms with Gasteiger partial charge in [-0.3, -0.25) is 5.43 Å². The van der Waals surface area contributed by atoms with Crippen molar-refractivity contribution in [2.24, 2.45) is 5.84 Å². The van der Waals surface area contributed by atoms with Crippen molar-refractivity contribution in [2.45, 2.75) is 6.92 Å². The van der Waals surface area contributed by atoms with Gasteiger partial charge in [-0.25, -0.2) is 5.84 Å². The summed E-state index contributed by atoms with van der Waals surface area (Å²) in [5.41, 5.74) is 2.33. The fourth-order valence-corrected chi connectivity index (χ4v) is 1.69. The van der Waals surface area contributed by atoms with E-state index in [9.17, 15) is 0 Å². The van der Waals surface area contributed by atoms with Crippen LogP contribution in [0.1, 0.15) is 6.92 Å². The molecule has 0 radical (unpaired) electrons. The molecule has 1 aliphatic heterocycles. The lowest BCUT2D eigenvalue weighted by atomic mass is 10.3. The van der Waals surface area contributed by atoms with Crippen molar-refractivity contribution in [3.8, 4) is 29.3 Å². The number of anilines is 1. The van der Waals surface area contributed by atoms with Gasteiger partial charge in [-0.05, 0) is 19.1 Å². The molecule has 0 fully saturated rings. The van der Waals surface area contributed by atoms with Gasteiger partial charge in [-0.1, -0.05) is 0 Å². The molecule has 1 aliphatic rings. The van der Waals surface area contributed by atoms with E-state index in [1.54, 1.807) is 18.2 Å². The van der Waals surface area contributed by atoms with Crippen LogP contribution in [0, 0.1) is 0 Å². The number of ether oxygens (including phenoxy) is 4. The van der Waals surface area contributed by atoms with Gasteiger partial charge in [-0.2, -0.15) is 9.97 Å². The van der Waals surface area contributed by atoms with Gasteiger partial charge in [0.2, 0.25) is 12.7 Å². The zero-order valence-corrected chi connectivity index (χ0v) is 11.2. The molecule has 2 heterocycles. The number of nitrogens with zero attached hydrogens (tertiary/aromatic N) is 3. The molecule has 3 rings (SSSR count). The predicted molar refractivity (Wildman–Crippen MR) is 71.4 cm³/mol. The number of benzene rings is 1. The van der Waals surface area contributed by atoms with E-state index in [0.29, 0.717) is 23.9 Å². The molecule has 21 heavy (non-hydrogen) atoms. The Hall–Kier alpha value is -2.81. The molecule has 0 bridgehead atoms. The first-order chi connectivity index (χ1) is 10.3. The topological polar surface area (TPSA) is 114 Å². The number of nitrogens with two attached hydrogens (primary N) is 1. The summed E-state index contributed by atoms with van der Waals surface area (Å²) in [6, 6.07) is 5.32. The van der Waals surface area contributed by atoms with Crippen LogP contribution >= 0.6 is 0 Å². The van der Waals surface area contributed by atoms with E-state index in [-0.39, 0.29) is 24.8 Å². The van der Waals surface area contributed by atoms with Crippen LogP contribution in [0.25, 0.3) is 0 Å². The van der Waals surface area contributed by atoms with E-state index in [0.717, 1.165) is 0 Å². The van der Waals surface area contributed by atoms with Crippen molar-refractivity contribution < 1.29 is 18.9 Å². The molecule has 9 heteroatoms.